The molecule has 0 saturated carbocycles. The summed E-state index contributed by atoms with van der Waals surface area (Å²) in [4.78, 5) is 20.1. The summed E-state index contributed by atoms with van der Waals surface area (Å²) in [6, 6.07) is 6.19. The number of rotatable bonds is 6. The molecule has 0 unspecified atom stereocenters. The van der Waals surface area contributed by atoms with E-state index in [9.17, 15) is 4.79 Å². The van der Waals surface area contributed by atoms with Crippen LogP contribution in [-0.2, 0) is 24.1 Å². The number of carbonyl (C=O) groups excluding carboxylic acids is 1. The van der Waals surface area contributed by atoms with E-state index in [0.717, 1.165) is 24.1 Å². The molecule has 0 aliphatic carbocycles. The Balaban J connectivity index is 2.02. The summed E-state index contributed by atoms with van der Waals surface area (Å²) < 4.78 is 0. The van der Waals surface area contributed by atoms with Crippen LogP contribution in [0.2, 0.25) is 0 Å². The first-order valence-corrected chi connectivity index (χ1v) is 7.39. The topological polar surface area (TPSA) is 54.9 Å². The van der Waals surface area contributed by atoms with Gasteiger partial charge in [0, 0.05) is 24.5 Å². The van der Waals surface area contributed by atoms with E-state index in [1.165, 1.54) is 17.5 Å². The number of nitrogens with zero attached hydrogens (tertiary/aromatic N) is 2. The molecule has 1 heterocycles. The molecule has 1 aromatic carbocycles. The monoisotopic (exact) mass is 283 g/mol. The number of aryl methyl sites for hydroxylation is 3. The smallest absolute Gasteiger partial charge is 0.224 e. The third kappa shape index (κ3) is 4.12. The quantitative estimate of drug-likeness (QED) is 0.886. The molecule has 1 aromatic heterocycles. The van der Waals surface area contributed by atoms with E-state index >= 15 is 0 Å². The van der Waals surface area contributed by atoms with E-state index in [-0.39, 0.29) is 5.91 Å². The summed E-state index contributed by atoms with van der Waals surface area (Å²) in [5, 5.41) is 3.07. The molecule has 0 fully saturated rings. The van der Waals surface area contributed by atoms with Crippen molar-refractivity contribution in [2.75, 3.05) is 5.32 Å². The second-order valence-corrected chi connectivity index (χ2v) is 4.95. The van der Waals surface area contributed by atoms with Gasteiger partial charge in [-0.3, -0.25) is 4.79 Å². The number of aromatic nitrogens is 2. The molecule has 1 amide bonds. The van der Waals surface area contributed by atoms with Crippen molar-refractivity contribution >= 4 is 11.6 Å². The van der Waals surface area contributed by atoms with Crippen LogP contribution in [0.4, 0.5) is 5.69 Å². The fourth-order valence-electron chi connectivity index (χ4n) is 2.32. The predicted molar refractivity (Wildman–Crippen MR) is 84.2 cm³/mol. The van der Waals surface area contributed by atoms with Gasteiger partial charge >= 0.3 is 0 Å². The highest BCUT2D eigenvalue weighted by molar-refractivity contribution is 5.92. The van der Waals surface area contributed by atoms with E-state index in [2.05, 4.69) is 47.3 Å². The van der Waals surface area contributed by atoms with Crippen LogP contribution in [0.5, 0.6) is 0 Å². The minimum absolute atomic E-state index is 0.0365. The SMILES string of the molecule is CCc1cccc(CC)c1NC(=O)CCc1cncnc1. The Kier molecular flexibility index (Phi) is 5.43. The van der Waals surface area contributed by atoms with Gasteiger partial charge in [-0.15, -0.1) is 0 Å². The molecule has 1 N–H and O–H groups in total. The molecule has 0 radical (unpaired) electrons. The van der Waals surface area contributed by atoms with E-state index < -0.39 is 0 Å². The lowest BCUT2D eigenvalue weighted by molar-refractivity contribution is -0.116. The van der Waals surface area contributed by atoms with Crippen LogP contribution in [0.3, 0.4) is 0 Å². The lowest BCUT2D eigenvalue weighted by Crippen LogP contribution is -2.15. The van der Waals surface area contributed by atoms with Crippen LogP contribution in [0.25, 0.3) is 0 Å². The highest BCUT2D eigenvalue weighted by Crippen LogP contribution is 2.22. The minimum Gasteiger partial charge on any atom is -0.326 e. The van der Waals surface area contributed by atoms with Gasteiger partial charge < -0.3 is 5.32 Å². The van der Waals surface area contributed by atoms with Crippen molar-refractivity contribution in [1.82, 2.24) is 9.97 Å². The second-order valence-electron chi connectivity index (χ2n) is 4.95. The zero-order chi connectivity index (χ0) is 15.1. The number of anilines is 1. The van der Waals surface area contributed by atoms with Gasteiger partial charge in [-0.05, 0) is 36.0 Å². The van der Waals surface area contributed by atoms with Crippen molar-refractivity contribution in [1.29, 1.82) is 0 Å². The summed E-state index contributed by atoms with van der Waals surface area (Å²) in [6.07, 6.45) is 7.91. The third-order valence-corrected chi connectivity index (χ3v) is 3.52. The van der Waals surface area contributed by atoms with Crippen LogP contribution in [0, 0.1) is 0 Å². The number of hydrogen-bond acceptors (Lipinski definition) is 3. The van der Waals surface area contributed by atoms with E-state index in [4.69, 9.17) is 0 Å². The summed E-state index contributed by atoms with van der Waals surface area (Å²) >= 11 is 0. The van der Waals surface area contributed by atoms with Gasteiger partial charge in [0.15, 0.2) is 0 Å². The largest absolute Gasteiger partial charge is 0.326 e. The number of carbonyl (C=O) groups is 1. The van der Waals surface area contributed by atoms with Crippen molar-refractivity contribution in [2.24, 2.45) is 0 Å². The zero-order valence-electron chi connectivity index (χ0n) is 12.6. The van der Waals surface area contributed by atoms with Gasteiger partial charge in [0.25, 0.3) is 0 Å². The molecular weight excluding hydrogens is 262 g/mol. The maximum absolute atomic E-state index is 12.2. The average Bonchev–Trinajstić information content (AvgIpc) is 2.54. The van der Waals surface area contributed by atoms with E-state index in [1.807, 2.05) is 0 Å². The number of hydrogen-bond donors (Lipinski definition) is 1. The molecular formula is C17H21N3O. The molecule has 0 atom stereocenters. The van der Waals surface area contributed by atoms with Crippen molar-refractivity contribution in [3.63, 3.8) is 0 Å². The Labute approximate surface area is 125 Å². The van der Waals surface area contributed by atoms with Crippen LogP contribution in [0.15, 0.2) is 36.9 Å². The summed E-state index contributed by atoms with van der Waals surface area (Å²) in [5.41, 5.74) is 4.33. The second kappa shape index (κ2) is 7.53. The van der Waals surface area contributed by atoms with Gasteiger partial charge in [-0.1, -0.05) is 32.0 Å². The van der Waals surface area contributed by atoms with Gasteiger partial charge in [-0.2, -0.15) is 0 Å². The van der Waals surface area contributed by atoms with Crippen molar-refractivity contribution < 1.29 is 4.79 Å². The first kappa shape index (κ1) is 15.2. The molecule has 0 spiro atoms. The highest BCUT2D eigenvalue weighted by atomic mass is 16.1. The lowest BCUT2D eigenvalue weighted by atomic mass is 10.0. The Hall–Kier alpha value is -2.23. The Bertz CT molecular complexity index is 574. The summed E-state index contributed by atoms with van der Waals surface area (Å²) in [5.74, 6) is 0.0365. The Morgan fingerprint density at radius 3 is 2.29 bits per heavy atom. The molecule has 21 heavy (non-hydrogen) atoms. The molecule has 0 bridgehead atoms. The van der Waals surface area contributed by atoms with Gasteiger partial charge in [-0.25, -0.2) is 9.97 Å². The van der Waals surface area contributed by atoms with E-state index in [1.54, 1.807) is 12.4 Å². The highest BCUT2D eigenvalue weighted by Gasteiger charge is 2.10. The van der Waals surface area contributed by atoms with Crippen LogP contribution in [0.1, 0.15) is 37.0 Å². The third-order valence-electron chi connectivity index (χ3n) is 3.52. The lowest BCUT2D eigenvalue weighted by Gasteiger charge is -2.14. The van der Waals surface area contributed by atoms with Crippen molar-refractivity contribution in [3.05, 3.63) is 53.6 Å². The summed E-state index contributed by atoms with van der Waals surface area (Å²) in [7, 11) is 0. The number of amides is 1. The van der Waals surface area contributed by atoms with Gasteiger partial charge in [0.1, 0.15) is 6.33 Å². The first-order chi connectivity index (χ1) is 10.2. The summed E-state index contributed by atoms with van der Waals surface area (Å²) in [6.45, 7) is 4.21. The maximum Gasteiger partial charge on any atom is 0.224 e. The fourth-order valence-corrected chi connectivity index (χ4v) is 2.32. The fraction of sp³-hybridized carbons (Fsp3) is 0.353. The number of para-hydroxylation sites is 1. The average molecular weight is 283 g/mol. The minimum atomic E-state index is 0.0365. The molecule has 4 heteroatoms. The molecule has 4 nitrogen and oxygen atoms in total. The molecule has 0 aliphatic rings. The van der Waals surface area contributed by atoms with Crippen LogP contribution >= 0.6 is 0 Å². The maximum atomic E-state index is 12.2. The molecule has 110 valence electrons. The van der Waals surface area contributed by atoms with Gasteiger partial charge in [0.2, 0.25) is 5.91 Å². The van der Waals surface area contributed by atoms with Crippen molar-refractivity contribution in [2.45, 2.75) is 39.5 Å². The molecule has 0 saturated heterocycles. The zero-order valence-corrected chi connectivity index (χ0v) is 12.6. The molecule has 2 aromatic rings. The Morgan fingerprint density at radius 2 is 1.71 bits per heavy atom. The van der Waals surface area contributed by atoms with Crippen molar-refractivity contribution in [3.8, 4) is 0 Å². The molecule has 2 rings (SSSR count). The Morgan fingerprint density at radius 1 is 1.10 bits per heavy atom. The first-order valence-electron chi connectivity index (χ1n) is 7.39. The van der Waals surface area contributed by atoms with Crippen LogP contribution < -0.4 is 5.32 Å². The van der Waals surface area contributed by atoms with Gasteiger partial charge in [0.05, 0.1) is 0 Å². The number of benzene rings is 1. The normalized spacial score (nSPS) is 10.4. The number of nitrogens with one attached hydrogen (secondary N) is 1. The predicted octanol–water partition coefficient (Wildman–Crippen LogP) is 3.17. The molecule has 0 aliphatic heterocycles. The standard InChI is InChI=1S/C17H21N3O/c1-3-14-6-5-7-15(4-2)17(14)20-16(21)9-8-13-10-18-12-19-11-13/h5-7,10-12H,3-4,8-9H2,1-2H3,(H,20,21). The van der Waals surface area contributed by atoms with E-state index in [0.29, 0.717) is 12.8 Å². The van der Waals surface area contributed by atoms with Crippen LogP contribution in [-0.4, -0.2) is 15.9 Å².